The first-order valence-electron chi connectivity index (χ1n) is 7.05. The summed E-state index contributed by atoms with van der Waals surface area (Å²) < 4.78 is 1.10. The minimum Gasteiger partial charge on any atom is -0.337 e. The van der Waals surface area contributed by atoms with Crippen LogP contribution in [0, 0.1) is 0 Å². The minimum absolute atomic E-state index is 0.301. The van der Waals surface area contributed by atoms with Crippen molar-refractivity contribution in [3.8, 4) is 0 Å². The van der Waals surface area contributed by atoms with E-state index in [1.165, 1.54) is 4.90 Å². The molecule has 0 saturated carbocycles. The number of nitrogens with zero attached hydrogens (tertiary/aromatic N) is 1. The lowest BCUT2D eigenvalue weighted by Crippen LogP contribution is -2.52. The zero-order valence-electron chi connectivity index (χ0n) is 11.8. The molecule has 0 aliphatic carbocycles. The predicted molar refractivity (Wildman–Crippen MR) is 88.1 cm³/mol. The molecule has 20 heavy (non-hydrogen) atoms. The topological polar surface area (TPSA) is 32.3 Å². The summed E-state index contributed by atoms with van der Waals surface area (Å²) in [5.41, 5.74) is 0. The van der Waals surface area contributed by atoms with Gasteiger partial charge in [0.05, 0.1) is 0 Å². The van der Waals surface area contributed by atoms with Crippen molar-refractivity contribution >= 4 is 33.6 Å². The Bertz CT molecular complexity index is 438. The van der Waals surface area contributed by atoms with Gasteiger partial charge in [0.25, 0.3) is 0 Å². The van der Waals surface area contributed by atoms with Crippen LogP contribution in [0.15, 0.2) is 33.6 Å². The molecule has 110 valence electrons. The Labute approximate surface area is 133 Å². The number of rotatable bonds is 5. The highest BCUT2D eigenvalue weighted by Gasteiger charge is 2.22. The van der Waals surface area contributed by atoms with Gasteiger partial charge < -0.3 is 10.2 Å². The molecule has 1 amide bonds. The van der Waals surface area contributed by atoms with Crippen LogP contribution < -0.4 is 5.32 Å². The Kier molecular flexibility index (Phi) is 6.39. The lowest BCUT2D eigenvalue weighted by Gasteiger charge is -2.34. The van der Waals surface area contributed by atoms with Crippen molar-refractivity contribution in [3.05, 3.63) is 28.7 Å². The third kappa shape index (κ3) is 4.79. The molecule has 1 aliphatic rings. The Balaban J connectivity index is 1.67. The smallest absolute Gasteiger partial charge is 0.222 e. The van der Waals surface area contributed by atoms with Crippen molar-refractivity contribution in [1.29, 1.82) is 0 Å². The first-order chi connectivity index (χ1) is 9.66. The maximum atomic E-state index is 12.1. The van der Waals surface area contributed by atoms with Crippen molar-refractivity contribution in [2.45, 2.75) is 30.7 Å². The van der Waals surface area contributed by atoms with Crippen molar-refractivity contribution in [3.63, 3.8) is 0 Å². The van der Waals surface area contributed by atoms with E-state index in [2.05, 4.69) is 52.4 Å². The van der Waals surface area contributed by atoms with Crippen molar-refractivity contribution in [1.82, 2.24) is 10.2 Å². The maximum Gasteiger partial charge on any atom is 0.222 e. The van der Waals surface area contributed by atoms with E-state index in [-0.39, 0.29) is 0 Å². The number of benzene rings is 1. The molecule has 3 nitrogen and oxygen atoms in total. The minimum atomic E-state index is 0.301. The van der Waals surface area contributed by atoms with Crippen LogP contribution in [0.1, 0.15) is 19.8 Å². The number of amides is 1. The van der Waals surface area contributed by atoms with Gasteiger partial charge in [-0.25, -0.2) is 0 Å². The third-order valence-electron chi connectivity index (χ3n) is 3.44. The molecule has 0 radical (unpaired) electrons. The standard InChI is InChI=1S/C15H21BrN2OS/c1-12-11-17-8-9-18(12)15(19)3-2-10-20-14-6-4-13(16)5-7-14/h4-7,12,17H,2-3,8-11H2,1H3. The Morgan fingerprint density at radius 2 is 2.20 bits per heavy atom. The molecule has 1 aromatic carbocycles. The second-order valence-corrected chi connectivity index (χ2v) is 7.13. The van der Waals surface area contributed by atoms with E-state index in [1.54, 1.807) is 0 Å². The zero-order valence-corrected chi connectivity index (χ0v) is 14.2. The van der Waals surface area contributed by atoms with Gasteiger partial charge in [0, 0.05) is 41.5 Å². The van der Waals surface area contributed by atoms with Gasteiger partial charge in [-0.2, -0.15) is 0 Å². The van der Waals surface area contributed by atoms with Crippen LogP contribution in [0.5, 0.6) is 0 Å². The Morgan fingerprint density at radius 3 is 2.90 bits per heavy atom. The van der Waals surface area contributed by atoms with Crippen molar-refractivity contribution in [2.75, 3.05) is 25.4 Å². The second-order valence-electron chi connectivity index (χ2n) is 5.05. The maximum absolute atomic E-state index is 12.1. The van der Waals surface area contributed by atoms with Crippen LogP contribution in [0.3, 0.4) is 0 Å². The molecule has 0 spiro atoms. The molecule has 1 N–H and O–H groups in total. The summed E-state index contributed by atoms with van der Waals surface area (Å²) in [7, 11) is 0. The Morgan fingerprint density at radius 1 is 1.45 bits per heavy atom. The normalized spacial score (nSPS) is 19.1. The van der Waals surface area contributed by atoms with E-state index in [9.17, 15) is 4.79 Å². The number of nitrogens with one attached hydrogen (secondary N) is 1. The molecule has 0 aromatic heterocycles. The highest BCUT2D eigenvalue weighted by molar-refractivity contribution is 9.10. The van der Waals surface area contributed by atoms with Crippen LogP contribution in [-0.2, 0) is 4.79 Å². The Hall–Kier alpha value is -0.520. The highest BCUT2D eigenvalue weighted by Crippen LogP contribution is 2.21. The number of thioether (sulfide) groups is 1. The average Bonchev–Trinajstić information content (AvgIpc) is 2.46. The molecule has 2 rings (SSSR count). The lowest BCUT2D eigenvalue weighted by molar-refractivity contribution is -0.133. The van der Waals surface area contributed by atoms with Crippen LogP contribution in [-0.4, -0.2) is 42.2 Å². The van der Waals surface area contributed by atoms with Gasteiger partial charge in [-0.3, -0.25) is 4.79 Å². The van der Waals surface area contributed by atoms with Gasteiger partial charge in [-0.15, -0.1) is 11.8 Å². The average molecular weight is 357 g/mol. The van der Waals surface area contributed by atoms with Crippen molar-refractivity contribution in [2.24, 2.45) is 0 Å². The summed E-state index contributed by atoms with van der Waals surface area (Å²) in [5.74, 6) is 1.30. The van der Waals surface area contributed by atoms with E-state index in [1.807, 2.05) is 16.7 Å². The fourth-order valence-electron chi connectivity index (χ4n) is 2.30. The summed E-state index contributed by atoms with van der Waals surface area (Å²) in [4.78, 5) is 15.4. The highest BCUT2D eigenvalue weighted by atomic mass is 79.9. The molecule has 1 heterocycles. The van der Waals surface area contributed by atoms with Gasteiger partial charge in [0.15, 0.2) is 0 Å². The van der Waals surface area contributed by atoms with Crippen LogP contribution in [0.25, 0.3) is 0 Å². The number of carbonyl (C=O) groups excluding carboxylic acids is 1. The van der Waals surface area contributed by atoms with Gasteiger partial charge in [-0.1, -0.05) is 15.9 Å². The molecule has 1 fully saturated rings. The quantitative estimate of drug-likeness (QED) is 0.649. The fourth-order valence-corrected chi connectivity index (χ4v) is 3.42. The summed E-state index contributed by atoms with van der Waals surface area (Å²) in [6.07, 6.45) is 1.60. The molecule has 1 aromatic rings. The first kappa shape index (κ1) is 15.9. The summed E-state index contributed by atoms with van der Waals surface area (Å²) in [6.45, 7) is 4.80. The summed E-state index contributed by atoms with van der Waals surface area (Å²) in [5, 5.41) is 3.31. The summed E-state index contributed by atoms with van der Waals surface area (Å²) in [6, 6.07) is 8.64. The number of halogens is 1. The number of piperazine rings is 1. The van der Waals surface area contributed by atoms with Crippen LogP contribution >= 0.6 is 27.7 Å². The fraction of sp³-hybridized carbons (Fsp3) is 0.533. The molecule has 1 aliphatic heterocycles. The van der Waals surface area contributed by atoms with Gasteiger partial charge in [-0.05, 0) is 43.4 Å². The van der Waals surface area contributed by atoms with E-state index in [4.69, 9.17) is 0 Å². The van der Waals surface area contributed by atoms with E-state index in [0.717, 1.165) is 36.3 Å². The number of carbonyl (C=O) groups is 1. The SMILES string of the molecule is CC1CNCCN1C(=O)CCCSc1ccc(Br)cc1. The van der Waals surface area contributed by atoms with Gasteiger partial charge in [0.2, 0.25) is 5.91 Å². The predicted octanol–water partition coefficient (Wildman–Crippen LogP) is 3.14. The third-order valence-corrected chi connectivity index (χ3v) is 5.07. The monoisotopic (exact) mass is 356 g/mol. The number of hydrogen-bond acceptors (Lipinski definition) is 3. The lowest BCUT2D eigenvalue weighted by atomic mass is 10.2. The van der Waals surface area contributed by atoms with Gasteiger partial charge >= 0.3 is 0 Å². The molecule has 1 saturated heterocycles. The largest absolute Gasteiger partial charge is 0.337 e. The number of hydrogen-bond donors (Lipinski definition) is 1. The van der Waals surface area contributed by atoms with E-state index >= 15 is 0 Å². The van der Waals surface area contributed by atoms with Crippen LogP contribution in [0.2, 0.25) is 0 Å². The molecule has 5 heteroatoms. The molecule has 0 bridgehead atoms. The second kappa shape index (κ2) is 8.05. The summed E-state index contributed by atoms with van der Waals surface area (Å²) >= 11 is 5.25. The molecular weight excluding hydrogens is 336 g/mol. The van der Waals surface area contributed by atoms with Crippen LogP contribution in [0.4, 0.5) is 0 Å². The van der Waals surface area contributed by atoms with Crippen molar-refractivity contribution < 1.29 is 4.79 Å². The first-order valence-corrected chi connectivity index (χ1v) is 8.83. The molecule has 1 unspecified atom stereocenters. The van der Waals surface area contributed by atoms with E-state index < -0.39 is 0 Å². The van der Waals surface area contributed by atoms with E-state index in [0.29, 0.717) is 18.4 Å². The molecular formula is C15H21BrN2OS. The van der Waals surface area contributed by atoms with Gasteiger partial charge in [0.1, 0.15) is 0 Å². The molecule has 1 atom stereocenters. The zero-order chi connectivity index (χ0) is 14.4.